The van der Waals surface area contributed by atoms with Gasteiger partial charge in [-0.2, -0.15) is 4.68 Å². The molecule has 4 heterocycles. The number of aromatic nitrogens is 3. The van der Waals surface area contributed by atoms with Gasteiger partial charge in [0.15, 0.2) is 9.84 Å². The van der Waals surface area contributed by atoms with E-state index in [1.807, 2.05) is 0 Å². The first-order valence-corrected chi connectivity index (χ1v) is 13.0. The Kier molecular flexibility index (Phi) is 5.33. The van der Waals surface area contributed by atoms with Crippen LogP contribution in [0.15, 0.2) is 68.3 Å². The van der Waals surface area contributed by atoms with Gasteiger partial charge in [0.05, 0.1) is 16.8 Å². The minimum absolute atomic E-state index is 0.00525. The van der Waals surface area contributed by atoms with Gasteiger partial charge in [-0.3, -0.25) is 14.5 Å². The van der Waals surface area contributed by atoms with Crippen LogP contribution in [0.3, 0.4) is 0 Å². The highest BCUT2D eigenvalue weighted by atomic mass is 32.2. The second kappa shape index (κ2) is 8.22. The lowest BCUT2D eigenvalue weighted by Crippen LogP contribution is -2.32. The predicted octanol–water partition coefficient (Wildman–Crippen LogP) is 2.45. The highest BCUT2D eigenvalue weighted by Gasteiger charge is 2.34. The number of hydrogen-bond acceptors (Lipinski definition) is 8. The number of thiophene rings is 1. The molecule has 1 aromatic carbocycles. The minimum atomic E-state index is -3.54. The van der Waals surface area contributed by atoms with Crippen molar-refractivity contribution in [3.63, 3.8) is 0 Å². The lowest BCUT2D eigenvalue weighted by atomic mass is 10.1. The molecule has 1 aliphatic rings. The first-order valence-electron chi connectivity index (χ1n) is 10.2. The van der Waals surface area contributed by atoms with Gasteiger partial charge in [-0.1, -0.05) is 12.1 Å². The molecule has 0 spiro atoms. The van der Waals surface area contributed by atoms with E-state index in [1.54, 1.807) is 53.4 Å². The van der Waals surface area contributed by atoms with Crippen LogP contribution in [0.2, 0.25) is 0 Å². The van der Waals surface area contributed by atoms with Crippen LogP contribution in [0.5, 0.6) is 0 Å². The molecule has 0 fully saturated rings. The van der Waals surface area contributed by atoms with Crippen molar-refractivity contribution in [1.29, 1.82) is 0 Å². The number of benzene rings is 1. The highest BCUT2D eigenvalue weighted by Crippen LogP contribution is 2.37. The molecule has 0 radical (unpaired) electrons. The number of carbonyl (C=O) groups is 2. The zero-order chi connectivity index (χ0) is 24.0. The van der Waals surface area contributed by atoms with Crippen molar-refractivity contribution in [1.82, 2.24) is 19.2 Å². The number of amides is 2. The molecule has 3 aromatic heterocycles. The van der Waals surface area contributed by atoms with Gasteiger partial charge in [0.2, 0.25) is 0 Å². The van der Waals surface area contributed by atoms with Gasteiger partial charge in [-0.25, -0.2) is 13.2 Å². The third-order valence-electron chi connectivity index (χ3n) is 5.42. The van der Waals surface area contributed by atoms with Crippen LogP contribution in [0.25, 0.3) is 16.5 Å². The predicted molar refractivity (Wildman–Crippen MR) is 123 cm³/mol. The Morgan fingerprint density at radius 1 is 0.971 bits per heavy atom. The van der Waals surface area contributed by atoms with Crippen molar-refractivity contribution >= 4 is 33.0 Å². The SMILES string of the molecule is CS(=O)(=O)c1csc(-c2nn(CCCN3C(=O)c4ccccc4C3=O)c(=O)o2)c1-n1cccc1. The van der Waals surface area contributed by atoms with E-state index in [1.165, 1.54) is 5.38 Å². The number of fused-ring (bicyclic) bond motifs is 1. The van der Waals surface area contributed by atoms with Crippen molar-refractivity contribution in [2.75, 3.05) is 12.8 Å². The third kappa shape index (κ3) is 3.70. The molecule has 12 heteroatoms. The smallest absolute Gasteiger partial charge is 0.387 e. The topological polar surface area (TPSA) is 124 Å². The number of rotatable bonds is 7. The summed E-state index contributed by atoms with van der Waals surface area (Å²) < 4.78 is 32.6. The Bertz CT molecular complexity index is 1540. The highest BCUT2D eigenvalue weighted by molar-refractivity contribution is 7.91. The number of carbonyl (C=O) groups excluding carboxylic acids is 2. The van der Waals surface area contributed by atoms with E-state index in [9.17, 15) is 22.8 Å². The molecule has 0 bridgehead atoms. The summed E-state index contributed by atoms with van der Waals surface area (Å²) in [7, 11) is -3.54. The van der Waals surface area contributed by atoms with Crippen LogP contribution in [-0.4, -0.2) is 52.3 Å². The van der Waals surface area contributed by atoms with Gasteiger partial charge in [0.1, 0.15) is 9.77 Å². The van der Waals surface area contributed by atoms with Crippen molar-refractivity contribution < 1.29 is 22.4 Å². The van der Waals surface area contributed by atoms with Gasteiger partial charge in [0.25, 0.3) is 17.7 Å². The largest absolute Gasteiger partial charge is 0.437 e. The summed E-state index contributed by atoms with van der Waals surface area (Å²) in [6.45, 7) is 0.228. The summed E-state index contributed by atoms with van der Waals surface area (Å²) >= 11 is 1.11. The molecule has 4 aromatic rings. The lowest BCUT2D eigenvalue weighted by Gasteiger charge is -2.12. The normalized spacial score (nSPS) is 13.6. The Morgan fingerprint density at radius 2 is 1.62 bits per heavy atom. The van der Waals surface area contributed by atoms with Crippen molar-refractivity contribution in [2.24, 2.45) is 0 Å². The number of nitrogens with zero attached hydrogens (tertiary/aromatic N) is 4. The van der Waals surface area contributed by atoms with E-state index >= 15 is 0 Å². The zero-order valence-corrected chi connectivity index (χ0v) is 19.5. The van der Waals surface area contributed by atoms with E-state index in [0.29, 0.717) is 28.1 Å². The first-order chi connectivity index (χ1) is 16.3. The van der Waals surface area contributed by atoms with E-state index in [-0.39, 0.29) is 35.7 Å². The van der Waals surface area contributed by atoms with Crippen LogP contribution in [-0.2, 0) is 16.4 Å². The Labute approximate surface area is 197 Å². The maximum Gasteiger partial charge on any atom is 0.437 e. The molecule has 0 N–H and O–H groups in total. The summed E-state index contributed by atoms with van der Waals surface area (Å²) in [5.74, 6) is -1.45. The second-order valence-corrected chi connectivity index (χ2v) is 10.6. The Balaban J connectivity index is 1.37. The van der Waals surface area contributed by atoms with Gasteiger partial charge in [0, 0.05) is 37.1 Å². The van der Waals surface area contributed by atoms with Crippen LogP contribution in [0.1, 0.15) is 27.1 Å². The first kappa shape index (κ1) is 22.0. The van der Waals surface area contributed by atoms with Crippen molar-refractivity contribution in [3.8, 4) is 16.5 Å². The molecule has 5 rings (SSSR count). The van der Waals surface area contributed by atoms with Gasteiger partial charge < -0.3 is 8.98 Å². The number of sulfone groups is 1. The standard InChI is InChI=1S/C22H18N4O6S2/c1-34(30,31)16-13-33-18(17(16)24-9-4-5-10-24)19-23-26(22(29)32-19)12-6-11-25-20(27)14-7-2-3-8-15(14)21(25)28/h2-5,7-10,13H,6,11-12H2,1H3. The van der Waals surface area contributed by atoms with Crippen LogP contribution < -0.4 is 5.76 Å². The summed E-state index contributed by atoms with van der Waals surface area (Å²) in [6, 6.07) is 10.1. The molecule has 0 saturated heterocycles. The van der Waals surface area contributed by atoms with Crippen LogP contribution in [0, 0.1) is 0 Å². The van der Waals surface area contributed by atoms with E-state index in [0.717, 1.165) is 27.2 Å². The average Bonchev–Trinajstić information content (AvgIpc) is 3.57. The van der Waals surface area contributed by atoms with Gasteiger partial charge in [-0.05, 0) is 30.7 Å². The van der Waals surface area contributed by atoms with Gasteiger partial charge in [-0.15, -0.1) is 16.4 Å². The monoisotopic (exact) mass is 498 g/mol. The molecule has 0 aliphatic carbocycles. The fraction of sp³-hybridized carbons (Fsp3) is 0.182. The van der Waals surface area contributed by atoms with E-state index in [4.69, 9.17) is 4.42 Å². The van der Waals surface area contributed by atoms with Crippen LogP contribution in [0.4, 0.5) is 0 Å². The quantitative estimate of drug-likeness (QED) is 0.358. The van der Waals surface area contributed by atoms with Gasteiger partial charge >= 0.3 is 5.76 Å². The van der Waals surface area contributed by atoms with E-state index in [2.05, 4.69) is 5.10 Å². The molecular formula is C22H18N4O6S2. The molecule has 10 nitrogen and oxygen atoms in total. The molecule has 1 aliphatic heterocycles. The zero-order valence-electron chi connectivity index (χ0n) is 17.9. The molecule has 2 amide bonds. The molecule has 0 atom stereocenters. The second-order valence-electron chi connectivity index (χ2n) is 7.70. The summed E-state index contributed by atoms with van der Waals surface area (Å²) in [5, 5.41) is 5.73. The van der Waals surface area contributed by atoms with Crippen molar-refractivity contribution in [2.45, 2.75) is 17.9 Å². The minimum Gasteiger partial charge on any atom is -0.387 e. The Hall–Kier alpha value is -3.77. The molecule has 34 heavy (non-hydrogen) atoms. The molecular weight excluding hydrogens is 480 g/mol. The summed E-state index contributed by atoms with van der Waals surface area (Å²) in [4.78, 5) is 39.0. The maximum atomic E-state index is 12.5. The fourth-order valence-corrected chi connectivity index (χ4v) is 6.15. The lowest BCUT2D eigenvalue weighted by molar-refractivity contribution is 0.0650. The number of imide groups is 1. The van der Waals surface area contributed by atoms with Crippen LogP contribution >= 0.6 is 11.3 Å². The molecule has 0 saturated carbocycles. The molecule has 174 valence electrons. The molecule has 0 unspecified atom stereocenters. The fourth-order valence-electron chi connectivity index (χ4n) is 3.84. The van der Waals surface area contributed by atoms with Crippen molar-refractivity contribution in [3.05, 3.63) is 75.8 Å². The Morgan fingerprint density at radius 3 is 2.24 bits per heavy atom. The summed E-state index contributed by atoms with van der Waals surface area (Å²) in [5.41, 5.74) is 1.09. The van der Waals surface area contributed by atoms with E-state index < -0.39 is 15.6 Å². The summed E-state index contributed by atoms with van der Waals surface area (Å²) in [6.07, 6.45) is 4.79. The average molecular weight is 499 g/mol. The number of aryl methyl sites for hydroxylation is 1. The number of hydrogen-bond donors (Lipinski definition) is 0. The third-order valence-corrected chi connectivity index (χ3v) is 7.64. The maximum absolute atomic E-state index is 12.5.